The van der Waals surface area contributed by atoms with E-state index >= 15 is 0 Å². The molecule has 23 heavy (non-hydrogen) atoms. The summed E-state index contributed by atoms with van der Waals surface area (Å²) in [6.07, 6.45) is 2.81. The Kier molecular flexibility index (Phi) is 5.67. The van der Waals surface area contributed by atoms with Gasteiger partial charge in [0.25, 0.3) is 5.91 Å². The van der Waals surface area contributed by atoms with Crippen LogP contribution in [0.3, 0.4) is 0 Å². The van der Waals surface area contributed by atoms with Gasteiger partial charge in [-0.15, -0.1) is 0 Å². The Hall–Kier alpha value is -2.44. The van der Waals surface area contributed by atoms with Crippen LogP contribution in [0.5, 0.6) is 11.5 Å². The van der Waals surface area contributed by atoms with Crippen LogP contribution in [-0.4, -0.2) is 50.2 Å². The van der Waals surface area contributed by atoms with Crippen LogP contribution in [-0.2, 0) is 0 Å². The van der Waals surface area contributed by atoms with Crippen LogP contribution in [0.1, 0.15) is 29.6 Å². The van der Waals surface area contributed by atoms with Gasteiger partial charge in [-0.2, -0.15) is 0 Å². The lowest BCUT2D eigenvalue weighted by Gasteiger charge is -2.36. The average Bonchev–Trinajstić information content (AvgIpc) is 2.58. The third-order valence-corrected chi connectivity index (χ3v) is 4.00. The normalized spacial score (nSPS) is 17.5. The van der Waals surface area contributed by atoms with Crippen LogP contribution in [0.15, 0.2) is 18.2 Å². The van der Waals surface area contributed by atoms with Gasteiger partial charge in [-0.1, -0.05) is 0 Å². The Balaban J connectivity index is 2.20. The number of benzene rings is 1. The summed E-state index contributed by atoms with van der Waals surface area (Å²) in [6, 6.07) is 4.47. The van der Waals surface area contributed by atoms with Gasteiger partial charge < -0.3 is 25.4 Å². The largest absolute Gasteiger partial charge is 0.497 e. The van der Waals surface area contributed by atoms with Gasteiger partial charge in [0.1, 0.15) is 11.5 Å². The SMILES string of the molecule is COc1cc(OC)cc(C(=O)N2CCCCC2CNC(N)=O)c1. The molecule has 1 aromatic rings. The zero-order valence-corrected chi connectivity index (χ0v) is 13.5. The molecular weight excluding hydrogens is 298 g/mol. The van der Waals surface area contributed by atoms with E-state index in [1.807, 2.05) is 0 Å². The van der Waals surface area contributed by atoms with Crippen molar-refractivity contribution in [3.63, 3.8) is 0 Å². The third kappa shape index (κ3) is 4.28. The Labute approximate surface area is 135 Å². The zero-order valence-electron chi connectivity index (χ0n) is 13.5. The van der Waals surface area contributed by atoms with Gasteiger partial charge in [-0.05, 0) is 31.4 Å². The van der Waals surface area contributed by atoms with Crippen molar-refractivity contribution < 1.29 is 19.1 Å². The molecule has 1 heterocycles. The van der Waals surface area contributed by atoms with Crippen molar-refractivity contribution in [1.82, 2.24) is 10.2 Å². The number of piperidine rings is 1. The number of methoxy groups -OCH3 is 2. The predicted molar refractivity (Wildman–Crippen MR) is 85.8 cm³/mol. The fourth-order valence-corrected chi connectivity index (χ4v) is 2.80. The Morgan fingerprint density at radius 2 is 1.87 bits per heavy atom. The number of nitrogens with one attached hydrogen (secondary N) is 1. The van der Waals surface area contributed by atoms with Crippen LogP contribution in [0.25, 0.3) is 0 Å². The van der Waals surface area contributed by atoms with Crippen molar-refractivity contribution in [3.05, 3.63) is 23.8 Å². The maximum absolute atomic E-state index is 12.9. The van der Waals surface area contributed by atoms with E-state index in [1.165, 1.54) is 0 Å². The van der Waals surface area contributed by atoms with E-state index in [2.05, 4.69) is 5.32 Å². The minimum Gasteiger partial charge on any atom is -0.497 e. The molecule has 0 radical (unpaired) electrons. The Morgan fingerprint density at radius 1 is 1.22 bits per heavy atom. The highest BCUT2D eigenvalue weighted by molar-refractivity contribution is 5.95. The first-order chi connectivity index (χ1) is 11.0. The summed E-state index contributed by atoms with van der Waals surface area (Å²) >= 11 is 0. The molecule has 1 aromatic carbocycles. The molecule has 7 nitrogen and oxygen atoms in total. The number of ether oxygens (including phenoxy) is 2. The number of primary amides is 1. The van der Waals surface area contributed by atoms with Crippen molar-refractivity contribution in [2.45, 2.75) is 25.3 Å². The predicted octanol–water partition coefficient (Wildman–Crippen LogP) is 1.37. The molecule has 1 unspecified atom stereocenters. The minimum absolute atomic E-state index is 0.0547. The number of hydrogen-bond donors (Lipinski definition) is 2. The first kappa shape index (κ1) is 16.9. The van der Waals surface area contributed by atoms with Crippen LogP contribution < -0.4 is 20.5 Å². The van der Waals surface area contributed by atoms with Gasteiger partial charge in [0.2, 0.25) is 0 Å². The zero-order chi connectivity index (χ0) is 16.8. The highest BCUT2D eigenvalue weighted by Gasteiger charge is 2.28. The number of carbonyl (C=O) groups is 2. The smallest absolute Gasteiger partial charge is 0.312 e. The fourth-order valence-electron chi connectivity index (χ4n) is 2.80. The van der Waals surface area contributed by atoms with Crippen LogP contribution in [0.2, 0.25) is 0 Å². The van der Waals surface area contributed by atoms with Crippen molar-refractivity contribution in [3.8, 4) is 11.5 Å². The molecule has 0 aliphatic carbocycles. The standard InChI is InChI=1S/C16H23N3O4/c1-22-13-7-11(8-14(9-13)23-2)15(20)19-6-4-3-5-12(19)10-18-16(17)21/h7-9,12H,3-6,10H2,1-2H3,(H3,17,18,21). The molecule has 0 saturated carbocycles. The second kappa shape index (κ2) is 7.71. The molecule has 2 rings (SSSR count). The van der Waals surface area contributed by atoms with E-state index in [9.17, 15) is 9.59 Å². The van der Waals surface area contributed by atoms with Gasteiger partial charge in [-0.25, -0.2) is 4.79 Å². The Bertz CT molecular complexity index is 554. The number of hydrogen-bond acceptors (Lipinski definition) is 4. The summed E-state index contributed by atoms with van der Waals surface area (Å²) in [6.45, 7) is 1.02. The number of rotatable bonds is 5. The first-order valence-electron chi connectivity index (χ1n) is 7.62. The van der Waals surface area contributed by atoms with E-state index in [0.29, 0.717) is 30.2 Å². The monoisotopic (exact) mass is 321 g/mol. The van der Waals surface area contributed by atoms with Gasteiger partial charge >= 0.3 is 6.03 Å². The minimum atomic E-state index is -0.578. The van der Waals surface area contributed by atoms with Gasteiger partial charge in [0.05, 0.1) is 14.2 Å². The Morgan fingerprint density at radius 3 is 2.43 bits per heavy atom. The summed E-state index contributed by atoms with van der Waals surface area (Å²) in [7, 11) is 3.09. The number of carbonyl (C=O) groups excluding carboxylic acids is 2. The number of nitrogens with zero attached hydrogens (tertiary/aromatic N) is 1. The lowest BCUT2D eigenvalue weighted by atomic mass is 10.0. The first-order valence-corrected chi connectivity index (χ1v) is 7.62. The molecule has 0 bridgehead atoms. The highest BCUT2D eigenvalue weighted by Crippen LogP contribution is 2.26. The molecule has 7 heteroatoms. The van der Waals surface area contributed by atoms with E-state index in [0.717, 1.165) is 19.3 Å². The molecule has 3 N–H and O–H groups in total. The highest BCUT2D eigenvalue weighted by atomic mass is 16.5. The van der Waals surface area contributed by atoms with Gasteiger partial charge in [0, 0.05) is 30.8 Å². The van der Waals surface area contributed by atoms with Crippen LogP contribution in [0, 0.1) is 0 Å². The molecule has 3 amide bonds. The molecule has 126 valence electrons. The second-order valence-corrected chi connectivity index (χ2v) is 5.49. The number of likely N-dealkylation sites (tertiary alicyclic amines) is 1. The van der Waals surface area contributed by atoms with Crippen molar-refractivity contribution in [2.24, 2.45) is 5.73 Å². The molecule has 1 fully saturated rings. The van der Waals surface area contributed by atoms with Crippen LogP contribution in [0.4, 0.5) is 4.79 Å². The summed E-state index contributed by atoms with van der Waals surface area (Å²) in [5.74, 6) is 1.03. The van der Waals surface area contributed by atoms with Gasteiger partial charge in [0.15, 0.2) is 0 Å². The van der Waals surface area contributed by atoms with Crippen molar-refractivity contribution in [1.29, 1.82) is 0 Å². The molecule has 1 aliphatic rings. The quantitative estimate of drug-likeness (QED) is 0.856. The topological polar surface area (TPSA) is 93.9 Å². The third-order valence-electron chi connectivity index (χ3n) is 4.00. The molecule has 1 atom stereocenters. The molecule has 0 aromatic heterocycles. The fraction of sp³-hybridized carbons (Fsp3) is 0.500. The maximum atomic E-state index is 12.9. The van der Waals surface area contributed by atoms with Crippen LogP contribution >= 0.6 is 0 Å². The van der Waals surface area contributed by atoms with Gasteiger partial charge in [-0.3, -0.25) is 4.79 Å². The average molecular weight is 321 g/mol. The summed E-state index contributed by atoms with van der Waals surface area (Å²) in [5, 5.41) is 2.59. The molecule has 1 saturated heterocycles. The summed E-state index contributed by atoms with van der Waals surface area (Å²) < 4.78 is 10.4. The number of urea groups is 1. The molecule has 0 spiro atoms. The van der Waals surface area contributed by atoms with Crippen molar-refractivity contribution in [2.75, 3.05) is 27.3 Å². The number of amides is 3. The lowest BCUT2D eigenvalue weighted by molar-refractivity contribution is 0.0614. The maximum Gasteiger partial charge on any atom is 0.312 e. The lowest BCUT2D eigenvalue weighted by Crippen LogP contribution is -2.50. The number of nitrogens with two attached hydrogens (primary N) is 1. The second-order valence-electron chi connectivity index (χ2n) is 5.49. The van der Waals surface area contributed by atoms with Crippen molar-refractivity contribution >= 4 is 11.9 Å². The van der Waals surface area contributed by atoms with E-state index in [4.69, 9.17) is 15.2 Å². The van der Waals surface area contributed by atoms with E-state index in [-0.39, 0.29) is 11.9 Å². The summed E-state index contributed by atoms with van der Waals surface area (Å²) in [4.78, 5) is 25.6. The molecule has 1 aliphatic heterocycles. The summed E-state index contributed by atoms with van der Waals surface area (Å²) in [5.41, 5.74) is 5.64. The van der Waals surface area contributed by atoms with E-state index < -0.39 is 6.03 Å². The molecular formula is C16H23N3O4. The van der Waals surface area contributed by atoms with E-state index in [1.54, 1.807) is 37.3 Å².